The SMILES string of the molecule is CNC(=O)c1cccc(N[C@@H](C)C(=O)Nc2ccc(C(C)=O)cc2)c1. The molecule has 0 spiro atoms. The Bertz CT molecular complexity index is 785. The maximum atomic E-state index is 12.3. The van der Waals surface area contributed by atoms with Crippen molar-refractivity contribution in [2.45, 2.75) is 19.9 Å². The van der Waals surface area contributed by atoms with E-state index in [-0.39, 0.29) is 17.6 Å². The second kappa shape index (κ2) is 8.10. The zero-order valence-corrected chi connectivity index (χ0v) is 14.4. The van der Waals surface area contributed by atoms with Crippen molar-refractivity contribution in [2.24, 2.45) is 0 Å². The number of carbonyl (C=O) groups is 3. The number of amides is 2. The fourth-order valence-corrected chi connectivity index (χ4v) is 2.25. The third-order valence-electron chi connectivity index (χ3n) is 3.69. The molecule has 0 aliphatic rings. The topological polar surface area (TPSA) is 87.3 Å². The molecule has 2 amide bonds. The monoisotopic (exact) mass is 339 g/mol. The first-order chi connectivity index (χ1) is 11.9. The van der Waals surface area contributed by atoms with Gasteiger partial charge in [0.15, 0.2) is 5.78 Å². The number of ketones is 1. The van der Waals surface area contributed by atoms with Gasteiger partial charge in [-0.1, -0.05) is 6.07 Å². The standard InChI is InChI=1S/C19H21N3O3/c1-12(21-17-6-4-5-15(11-17)19(25)20-3)18(24)22-16-9-7-14(8-10-16)13(2)23/h4-12,21H,1-3H3,(H,20,25)(H,22,24)/t12-/m0/s1. The van der Waals surface area contributed by atoms with Crippen LogP contribution in [0, 0.1) is 0 Å². The van der Waals surface area contributed by atoms with Crippen LogP contribution in [-0.4, -0.2) is 30.7 Å². The number of carbonyl (C=O) groups excluding carboxylic acids is 3. The quantitative estimate of drug-likeness (QED) is 0.706. The van der Waals surface area contributed by atoms with Gasteiger partial charge >= 0.3 is 0 Å². The summed E-state index contributed by atoms with van der Waals surface area (Å²) in [4.78, 5) is 35.2. The summed E-state index contributed by atoms with van der Waals surface area (Å²) >= 11 is 0. The van der Waals surface area contributed by atoms with Crippen LogP contribution in [0.15, 0.2) is 48.5 Å². The Labute approximate surface area is 146 Å². The lowest BCUT2D eigenvalue weighted by molar-refractivity contribution is -0.116. The molecule has 0 bridgehead atoms. The molecule has 0 saturated carbocycles. The number of benzene rings is 2. The molecule has 0 aromatic heterocycles. The van der Waals surface area contributed by atoms with Crippen molar-refractivity contribution in [1.82, 2.24) is 5.32 Å². The van der Waals surface area contributed by atoms with Crippen molar-refractivity contribution in [2.75, 3.05) is 17.7 Å². The van der Waals surface area contributed by atoms with Crippen molar-refractivity contribution < 1.29 is 14.4 Å². The number of hydrogen-bond acceptors (Lipinski definition) is 4. The van der Waals surface area contributed by atoms with Crippen molar-refractivity contribution in [1.29, 1.82) is 0 Å². The number of Topliss-reactive ketones (excluding diaryl/α,β-unsaturated/α-hetero) is 1. The minimum absolute atomic E-state index is 0.0242. The fraction of sp³-hybridized carbons (Fsp3) is 0.211. The largest absolute Gasteiger partial charge is 0.374 e. The molecule has 0 radical (unpaired) electrons. The summed E-state index contributed by atoms with van der Waals surface area (Å²) in [7, 11) is 1.57. The van der Waals surface area contributed by atoms with Gasteiger partial charge < -0.3 is 16.0 Å². The molecule has 6 heteroatoms. The molecular formula is C19H21N3O3. The number of hydrogen-bond donors (Lipinski definition) is 3. The van der Waals surface area contributed by atoms with Crippen LogP contribution in [0.1, 0.15) is 34.6 Å². The summed E-state index contributed by atoms with van der Waals surface area (Å²) < 4.78 is 0. The predicted octanol–water partition coefficient (Wildman–Crippen LogP) is 2.69. The predicted molar refractivity (Wildman–Crippen MR) is 98.0 cm³/mol. The first kappa shape index (κ1) is 18.2. The Morgan fingerprint density at radius 1 is 0.920 bits per heavy atom. The maximum absolute atomic E-state index is 12.3. The van der Waals surface area contributed by atoms with Crippen LogP contribution in [0.5, 0.6) is 0 Å². The number of rotatable bonds is 6. The van der Waals surface area contributed by atoms with Crippen LogP contribution < -0.4 is 16.0 Å². The number of nitrogens with one attached hydrogen (secondary N) is 3. The molecule has 0 aliphatic carbocycles. The van der Waals surface area contributed by atoms with Gasteiger partial charge in [0.05, 0.1) is 0 Å². The zero-order chi connectivity index (χ0) is 18.4. The summed E-state index contributed by atoms with van der Waals surface area (Å²) in [6, 6.07) is 13.1. The maximum Gasteiger partial charge on any atom is 0.251 e. The lowest BCUT2D eigenvalue weighted by Gasteiger charge is -2.16. The Balaban J connectivity index is 2.00. The van der Waals surface area contributed by atoms with Gasteiger partial charge in [-0.05, 0) is 56.3 Å². The van der Waals surface area contributed by atoms with E-state index in [0.29, 0.717) is 22.5 Å². The smallest absolute Gasteiger partial charge is 0.251 e. The molecule has 2 aromatic carbocycles. The van der Waals surface area contributed by atoms with Crippen molar-refractivity contribution in [3.8, 4) is 0 Å². The van der Waals surface area contributed by atoms with E-state index in [9.17, 15) is 14.4 Å². The highest BCUT2D eigenvalue weighted by Crippen LogP contribution is 2.14. The molecule has 3 N–H and O–H groups in total. The highest BCUT2D eigenvalue weighted by molar-refractivity contribution is 5.98. The molecule has 0 fully saturated rings. The van der Waals surface area contributed by atoms with Crippen LogP contribution in [0.3, 0.4) is 0 Å². The van der Waals surface area contributed by atoms with E-state index in [1.54, 1.807) is 62.5 Å². The molecule has 6 nitrogen and oxygen atoms in total. The van der Waals surface area contributed by atoms with E-state index in [4.69, 9.17) is 0 Å². The number of anilines is 2. The Kier molecular flexibility index (Phi) is 5.89. The molecule has 0 saturated heterocycles. The Morgan fingerprint density at radius 2 is 1.60 bits per heavy atom. The minimum atomic E-state index is -0.507. The molecular weight excluding hydrogens is 318 g/mol. The second-order valence-electron chi connectivity index (χ2n) is 5.65. The highest BCUT2D eigenvalue weighted by Gasteiger charge is 2.14. The molecule has 1 atom stereocenters. The summed E-state index contributed by atoms with van der Waals surface area (Å²) in [5.74, 6) is -0.434. The van der Waals surface area contributed by atoms with Gasteiger partial charge in [0.25, 0.3) is 5.91 Å². The summed E-state index contributed by atoms with van der Waals surface area (Å²) in [5.41, 5.74) is 2.40. The summed E-state index contributed by atoms with van der Waals surface area (Å²) in [6.45, 7) is 3.22. The molecule has 2 aromatic rings. The van der Waals surface area contributed by atoms with Gasteiger partial charge in [-0.3, -0.25) is 14.4 Å². The van der Waals surface area contributed by atoms with Crippen LogP contribution in [0.2, 0.25) is 0 Å². The van der Waals surface area contributed by atoms with Gasteiger partial charge in [0.2, 0.25) is 5.91 Å². The molecule has 2 rings (SSSR count). The van der Waals surface area contributed by atoms with Crippen LogP contribution in [0.25, 0.3) is 0 Å². The van der Waals surface area contributed by atoms with Gasteiger partial charge in [0, 0.05) is 29.5 Å². The first-order valence-corrected chi connectivity index (χ1v) is 7.91. The van der Waals surface area contributed by atoms with Gasteiger partial charge in [-0.15, -0.1) is 0 Å². The van der Waals surface area contributed by atoms with E-state index in [0.717, 1.165) is 0 Å². The lowest BCUT2D eigenvalue weighted by Crippen LogP contribution is -2.32. The molecule has 0 aliphatic heterocycles. The van der Waals surface area contributed by atoms with E-state index in [1.807, 2.05) is 0 Å². The average Bonchev–Trinajstić information content (AvgIpc) is 2.61. The first-order valence-electron chi connectivity index (χ1n) is 7.91. The normalized spacial score (nSPS) is 11.3. The minimum Gasteiger partial charge on any atom is -0.374 e. The van der Waals surface area contributed by atoms with Crippen molar-refractivity contribution in [3.05, 3.63) is 59.7 Å². The fourth-order valence-electron chi connectivity index (χ4n) is 2.25. The molecule has 25 heavy (non-hydrogen) atoms. The molecule has 0 unspecified atom stereocenters. The van der Waals surface area contributed by atoms with Crippen LogP contribution in [-0.2, 0) is 4.79 Å². The van der Waals surface area contributed by atoms with E-state index < -0.39 is 6.04 Å². The third kappa shape index (κ3) is 4.91. The molecule has 130 valence electrons. The average molecular weight is 339 g/mol. The van der Waals surface area contributed by atoms with Gasteiger partial charge in [0.1, 0.15) is 6.04 Å². The van der Waals surface area contributed by atoms with E-state index in [1.165, 1.54) is 6.92 Å². The van der Waals surface area contributed by atoms with Gasteiger partial charge in [-0.2, -0.15) is 0 Å². The third-order valence-corrected chi connectivity index (χ3v) is 3.69. The zero-order valence-electron chi connectivity index (χ0n) is 14.4. The lowest BCUT2D eigenvalue weighted by atomic mass is 10.1. The summed E-state index contributed by atoms with van der Waals surface area (Å²) in [6.07, 6.45) is 0. The second-order valence-corrected chi connectivity index (χ2v) is 5.65. The van der Waals surface area contributed by atoms with Crippen LogP contribution >= 0.6 is 0 Å². The Morgan fingerprint density at radius 3 is 2.20 bits per heavy atom. The van der Waals surface area contributed by atoms with E-state index >= 15 is 0 Å². The van der Waals surface area contributed by atoms with Gasteiger partial charge in [-0.25, -0.2) is 0 Å². The summed E-state index contributed by atoms with van der Waals surface area (Å²) in [5, 5.41) is 8.41. The Hall–Kier alpha value is -3.15. The van der Waals surface area contributed by atoms with Crippen molar-refractivity contribution in [3.63, 3.8) is 0 Å². The van der Waals surface area contributed by atoms with Crippen LogP contribution in [0.4, 0.5) is 11.4 Å². The molecule has 0 heterocycles. The van der Waals surface area contributed by atoms with E-state index in [2.05, 4.69) is 16.0 Å². The highest BCUT2D eigenvalue weighted by atomic mass is 16.2. The van der Waals surface area contributed by atoms with Crippen molar-refractivity contribution >= 4 is 29.0 Å².